The van der Waals surface area contributed by atoms with Gasteiger partial charge in [-0.1, -0.05) is 0 Å². The highest BCUT2D eigenvalue weighted by molar-refractivity contribution is 7.90. The van der Waals surface area contributed by atoms with Gasteiger partial charge in [0.1, 0.15) is 12.2 Å². The Morgan fingerprint density at radius 3 is 2.29 bits per heavy atom. The molecule has 0 saturated carbocycles. The van der Waals surface area contributed by atoms with E-state index < -0.39 is 9.84 Å². The van der Waals surface area contributed by atoms with E-state index in [1.54, 1.807) is 12.1 Å². The van der Waals surface area contributed by atoms with Crippen LogP contribution in [0, 0.1) is 0 Å². The predicted molar refractivity (Wildman–Crippen MR) is 94.1 cm³/mol. The molecule has 2 aromatic rings. The molecule has 1 aliphatic rings. The summed E-state index contributed by atoms with van der Waals surface area (Å²) in [7, 11) is -3.14. The van der Waals surface area contributed by atoms with E-state index >= 15 is 0 Å². The molecule has 0 unspecified atom stereocenters. The van der Waals surface area contributed by atoms with Crippen molar-refractivity contribution in [1.82, 2.24) is 14.8 Å². The van der Waals surface area contributed by atoms with Gasteiger partial charge in [0.15, 0.2) is 9.84 Å². The van der Waals surface area contributed by atoms with Crippen LogP contribution in [0.25, 0.3) is 0 Å². The second-order valence-electron chi connectivity index (χ2n) is 6.72. The molecule has 1 saturated heterocycles. The molecule has 6 nitrogen and oxygen atoms in total. The van der Waals surface area contributed by atoms with Crippen molar-refractivity contribution in [1.29, 1.82) is 0 Å². The van der Waals surface area contributed by atoms with E-state index in [0.717, 1.165) is 37.4 Å². The lowest BCUT2D eigenvalue weighted by Gasteiger charge is -2.33. The molecule has 1 fully saturated rings. The molecule has 2 heterocycles. The molecule has 0 aliphatic carbocycles. The smallest absolute Gasteiger partial charge is 0.175 e. The number of piperidine rings is 1. The fourth-order valence-electron chi connectivity index (χ4n) is 3.24. The van der Waals surface area contributed by atoms with Crippen molar-refractivity contribution in [3.8, 4) is 0 Å². The third-order valence-corrected chi connectivity index (χ3v) is 5.78. The number of sulfone groups is 1. The van der Waals surface area contributed by atoms with Gasteiger partial charge in [0.2, 0.25) is 0 Å². The van der Waals surface area contributed by atoms with E-state index in [4.69, 9.17) is 0 Å². The second kappa shape index (κ2) is 6.55. The average molecular weight is 348 g/mol. The van der Waals surface area contributed by atoms with Gasteiger partial charge >= 0.3 is 0 Å². The Balaban J connectivity index is 1.68. The van der Waals surface area contributed by atoms with Crippen molar-refractivity contribution < 1.29 is 8.42 Å². The average Bonchev–Trinajstić information content (AvgIpc) is 3.04. The summed E-state index contributed by atoms with van der Waals surface area (Å²) in [6, 6.07) is 7.54. The SMILES string of the molecule is CC(C)n1cnnc1C1CCN(c2ccc(S(C)(=O)=O)cc2)CC1. The Bertz CT molecular complexity index is 788. The summed E-state index contributed by atoms with van der Waals surface area (Å²) in [6.07, 6.45) is 5.10. The number of benzene rings is 1. The zero-order valence-corrected chi connectivity index (χ0v) is 15.2. The third kappa shape index (κ3) is 3.45. The van der Waals surface area contributed by atoms with Gasteiger partial charge in [-0.25, -0.2) is 8.42 Å². The van der Waals surface area contributed by atoms with Crippen molar-refractivity contribution >= 4 is 15.5 Å². The van der Waals surface area contributed by atoms with E-state index in [1.807, 2.05) is 18.5 Å². The second-order valence-corrected chi connectivity index (χ2v) is 8.73. The number of anilines is 1. The molecule has 0 amide bonds. The first-order valence-corrected chi connectivity index (χ1v) is 10.2. The minimum Gasteiger partial charge on any atom is -0.371 e. The van der Waals surface area contributed by atoms with Gasteiger partial charge in [0.05, 0.1) is 4.90 Å². The van der Waals surface area contributed by atoms with Crippen LogP contribution in [0.4, 0.5) is 5.69 Å². The Labute approximate surface area is 143 Å². The molecule has 1 aliphatic heterocycles. The van der Waals surface area contributed by atoms with Crippen LogP contribution in [-0.2, 0) is 9.84 Å². The molecule has 3 rings (SSSR count). The number of hydrogen-bond acceptors (Lipinski definition) is 5. The van der Waals surface area contributed by atoms with Gasteiger partial charge in [-0.15, -0.1) is 10.2 Å². The molecule has 1 aromatic carbocycles. The molecule has 7 heteroatoms. The van der Waals surface area contributed by atoms with Crippen LogP contribution in [0.2, 0.25) is 0 Å². The summed E-state index contributed by atoms with van der Waals surface area (Å²) in [6.45, 7) is 6.17. The topological polar surface area (TPSA) is 68.1 Å². The van der Waals surface area contributed by atoms with Crippen LogP contribution in [0.15, 0.2) is 35.5 Å². The Morgan fingerprint density at radius 2 is 1.75 bits per heavy atom. The van der Waals surface area contributed by atoms with Crippen LogP contribution in [0.1, 0.15) is 44.5 Å². The van der Waals surface area contributed by atoms with Crippen molar-refractivity contribution in [3.63, 3.8) is 0 Å². The van der Waals surface area contributed by atoms with Gasteiger partial charge in [-0.3, -0.25) is 0 Å². The van der Waals surface area contributed by atoms with Crippen LogP contribution in [-0.4, -0.2) is 42.5 Å². The van der Waals surface area contributed by atoms with Crippen molar-refractivity contribution in [2.24, 2.45) is 0 Å². The van der Waals surface area contributed by atoms with E-state index in [0.29, 0.717) is 16.9 Å². The highest BCUT2D eigenvalue weighted by Crippen LogP contribution is 2.30. The van der Waals surface area contributed by atoms with E-state index in [2.05, 4.69) is 33.5 Å². The predicted octanol–water partition coefficient (Wildman–Crippen LogP) is 2.65. The quantitative estimate of drug-likeness (QED) is 0.850. The van der Waals surface area contributed by atoms with E-state index in [-0.39, 0.29) is 0 Å². The van der Waals surface area contributed by atoms with Gasteiger partial charge in [-0.05, 0) is 51.0 Å². The highest BCUT2D eigenvalue weighted by atomic mass is 32.2. The Morgan fingerprint density at radius 1 is 1.12 bits per heavy atom. The monoisotopic (exact) mass is 348 g/mol. The number of rotatable bonds is 4. The summed E-state index contributed by atoms with van der Waals surface area (Å²) in [5.74, 6) is 1.51. The van der Waals surface area contributed by atoms with Crippen molar-refractivity contribution in [2.75, 3.05) is 24.2 Å². The van der Waals surface area contributed by atoms with Crippen LogP contribution >= 0.6 is 0 Å². The van der Waals surface area contributed by atoms with E-state index in [9.17, 15) is 8.42 Å². The highest BCUT2D eigenvalue weighted by Gasteiger charge is 2.25. The first-order chi connectivity index (χ1) is 11.4. The van der Waals surface area contributed by atoms with Crippen molar-refractivity contribution in [2.45, 2.75) is 43.5 Å². The maximum atomic E-state index is 11.6. The largest absolute Gasteiger partial charge is 0.371 e. The fourth-order valence-corrected chi connectivity index (χ4v) is 3.87. The molecule has 0 spiro atoms. The van der Waals surface area contributed by atoms with Crippen LogP contribution in [0.3, 0.4) is 0 Å². The molecule has 24 heavy (non-hydrogen) atoms. The first kappa shape index (κ1) is 17.0. The summed E-state index contributed by atoms with van der Waals surface area (Å²) in [5, 5.41) is 8.40. The maximum absolute atomic E-state index is 11.6. The third-order valence-electron chi connectivity index (χ3n) is 4.65. The maximum Gasteiger partial charge on any atom is 0.175 e. The minimum absolute atomic E-state index is 0.367. The van der Waals surface area contributed by atoms with Crippen LogP contribution in [0.5, 0.6) is 0 Å². The lowest BCUT2D eigenvalue weighted by Crippen LogP contribution is -2.33. The molecule has 1 aromatic heterocycles. The lowest BCUT2D eigenvalue weighted by molar-refractivity contribution is 0.449. The summed E-state index contributed by atoms with van der Waals surface area (Å²) in [4.78, 5) is 2.67. The molecule has 0 bridgehead atoms. The van der Waals surface area contributed by atoms with Gasteiger partial charge in [-0.2, -0.15) is 0 Å². The van der Waals surface area contributed by atoms with Gasteiger partial charge in [0, 0.05) is 37.0 Å². The fraction of sp³-hybridized carbons (Fsp3) is 0.529. The zero-order chi connectivity index (χ0) is 17.3. The number of hydrogen-bond donors (Lipinski definition) is 0. The first-order valence-electron chi connectivity index (χ1n) is 8.30. The molecule has 0 radical (unpaired) electrons. The number of nitrogens with zero attached hydrogens (tertiary/aromatic N) is 4. The molecule has 130 valence electrons. The van der Waals surface area contributed by atoms with Crippen LogP contribution < -0.4 is 4.90 Å². The van der Waals surface area contributed by atoms with Crippen molar-refractivity contribution in [3.05, 3.63) is 36.4 Å². The molecular formula is C17H24N4O2S. The summed E-state index contributed by atoms with van der Waals surface area (Å²) >= 11 is 0. The van der Waals surface area contributed by atoms with Gasteiger partial charge < -0.3 is 9.47 Å². The Hall–Kier alpha value is -1.89. The molecule has 0 N–H and O–H groups in total. The normalized spacial score (nSPS) is 16.8. The number of aromatic nitrogens is 3. The zero-order valence-electron chi connectivity index (χ0n) is 14.4. The molecule has 0 atom stereocenters. The summed E-state index contributed by atoms with van der Waals surface area (Å²) < 4.78 is 25.3. The Kier molecular flexibility index (Phi) is 4.62. The van der Waals surface area contributed by atoms with Gasteiger partial charge in [0.25, 0.3) is 0 Å². The minimum atomic E-state index is -3.14. The standard InChI is InChI=1S/C17H24N4O2S/c1-13(2)21-12-18-19-17(21)14-8-10-20(11-9-14)15-4-6-16(7-5-15)24(3,22)23/h4-7,12-14H,8-11H2,1-3H3. The summed E-state index contributed by atoms with van der Waals surface area (Å²) in [5.41, 5.74) is 1.08. The van der Waals surface area contributed by atoms with E-state index in [1.165, 1.54) is 6.26 Å². The lowest BCUT2D eigenvalue weighted by atomic mass is 9.95. The molecular weight excluding hydrogens is 324 g/mol.